The van der Waals surface area contributed by atoms with Crippen molar-refractivity contribution in [1.29, 1.82) is 0 Å². The second-order valence-corrected chi connectivity index (χ2v) is 6.61. The molecule has 118 valence electrons. The number of carboxylic acid groups (broad SMARTS) is 1. The molecule has 1 aromatic rings. The third-order valence-electron chi connectivity index (χ3n) is 2.99. The van der Waals surface area contributed by atoms with E-state index in [2.05, 4.69) is 9.71 Å². The molecule has 0 spiro atoms. The van der Waals surface area contributed by atoms with Crippen molar-refractivity contribution in [2.45, 2.75) is 31.7 Å². The summed E-state index contributed by atoms with van der Waals surface area (Å²) in [4.78, 5) is 26.4. The van der Waals surface area contributed by atoms with Crippen LogP contribution in [0.5, 0.6) is 0 Å². The normalized spacial score (nSPS) is 13.0. The molecule has 0 saturated heterocycles. The van der Waals surface area contributed by atoms with Gasteiger partial charge in [0.2, 0.25) is 15.9 Å². The molecule has 0 aliphatic carbocycles. The van der Waals surface area contributed by atoms with E-state index < -0.39 is 27.9 Å². The zero-order valence-corrected chi connectivity index (χ0v) is 13.3. The van der Waals surface area contributed by atoms with E-state index in [1.807, 2.05) is 0 Å². The number of nitrogens with zero attached hydrogens (tertiary/aromatic N) is 1. The summed E-state index contributed by atoms with van der Waals surface area (Å²) in [5, 5.41) is 9.00. The van der Waals surface area contributed by atoms with E-state index >= 15 is 0 Å². The van der Waals surface area contributed by atoms with E-state index in [0.29, 0.717) is 0 Å². The summed E-state index contributed by atoms with van der Waals surface area (Å²) in [5.74, 6) is -1.64. The lowest BCUT2D eigenvalue weighted by atomic mass is 10.2. The number of amides is 1. The molecule has 1 rings (SSSR count). The van der Waals surface area contributed by atoms with E-state index in [-0.39, 0.29) is 21.8 Å². The quantitative estimate of drug-likeness (QED) is 0.710. The molecule has 8 nitrogen and oxygen atoms in total. The first-order valence-corrected chi connectivity index (χ1v) is 7.63. The Labute approximate surface area is 123 Å². The molecule has 1 unspecified atom stereocenters. The van der Waals surface area contributed by atoms with Gasteiger partial charge in [-0.2, -0.15) is 4.72 Å². The molecule has 3 N–H and O–H groups in total. The van der Waals surface area contributed by atoms with Gasteiger partial charge in [-0.25, -0.2) is 13.2 Å². The van der Waals surface area contributed by atoms with Gasteiger partial charge in [-0.3, -0.25) is 4.79 Å². The lowest BCUT2D eigenvalue weighted by Crippen LogP contribution is -2.44. The number of carbonyl (C=O) groups is 2. The maximum atomic E-state index is 12.4. The van der Waals surface area contributed by atoms with Crippen LogP contribution in [-0.4, -0.2) is 55.4 Å². The van der Waals surface area contributed by atoms with Crippen LogP contribution in [0.4, 0.5) is 0 Å². The van der Waals surface area contributed by atoms with Crippen molar-refractivity contribution >= 4 is 21.9 Å². The van der Waals surface area contributed by atoms with E-state index in [9.17, 15) is 18.0 Å². The van der Waals surface area contributed by atoms with Crippen molar-refractivity contribution in [2.24, 2.45) is 0 Å². The summed E-state index contributed by atoms with van der Waals surface area (Å²) in [5.41, 5.74) is 0.137. The Morgan fingerprint density at radius 1 is 1.29 bits per heavy atom. The molecule has 0 saturated carbocycles. The minimum absolute atomic E-state index is 0.108. The van der Waals surface area contributed by atoms with Crippen LogP contribution in [-0.2, 0) is 14.8 Å². The third-order valence-corrected chi connectivity index (χ3v) is 4.81. The Morgan fingerprint density at radius 3 is 2.19 bits per heavy atom. The molecule has 0 aliphatic rings. The van der Waals surface area contributed by atoms with Crippen molar-refractivity contribution in [3.05, 3.63) is 17.0 Å². The van der Waals surface area contributed by atoms with Gasteiger partial charge in [0, 0.05) is 25.4 Å². The second-order valence-electron chi connectivity index (χ2n) is 4.96. The van der Waals surface area contributed by atoms with Gasteiger partial charge in [0.25, 0.3) is 0 Å². The molecule has 1 amide bonds. The SMILES string of the molecule is Cc1[nH]c(C(=O)O)c(C)c1S(=O)(=O)NC(C)C(=O)N(C)C. The molecule has 1 aromatic heterocycles. The minimum Gasteiger partial charge on any atom is -0.477 e. The molecular weight excluding hydrogens is 298 g/mol. The average molecular weight is 317 g/mol. The van der Waals surface area contributed by atoms with Gasteiger partial charge in [0.05, 0.1) is 6.04 Å². The first kappa shape index (κ1) is 17.2. The number of carbonyl (C=O) groups excluding carboxylic acids is 1. The van der Waals surface area contributed by atoms with Crippen LogP contribution in [0.25, 0.3) is 0 Å². The second kappa shape index (κ2) is 5.86. The number of hydrogen-bond acceptors (Lipinski definition) is 4. The van der Waals surface area contributed by atoms with Gasteiger partial charge in [-0.05, 0) is 20.8 Å². The highest BCUT2D eigenvalue weighted by Crippen LogP contribution is 2.23. The van der Waals surface area contributed by atoms with Crippen LogP contribution in [0.2, 0.25) is 0 Å². The number of aromatic nitrogens is 1. The Hall–Kier alpha value is -1.87. The number of rotatable bonds is 5. The van der Waals surface area contributed by atoms with Crippen LogP contribution in [0.1, 0.15) is 28.7 Å². The van der Waals surface area contributed by atoms with Crippen molar-refractivity contribution in [3.63, 3.8) is 0 Å². The highest BCUT2D eigenvalue weighted by Gasteiger charge is 2.29. The fourth-order valence-electron chi connectivity index (χ4n) is 2.08. The summed E-state index contributed by atoms with van der Waals surface area (Å²) in [7, 11) is -0.972. The smallest absolute Gasteiger partial charge is 0.352 e. The van der Waals surface area contributed by atoms with Crippen LogP contribution in [0.3, 0.4) is 0 Å². The summed E-state index contributed by atoms with van der Waals surface area (Å²) in [6.07, 6.45) is 0. The number of H-pyrrole nitrogens is 1. The molecule has 9 heteroatoms. The highest BCUT2D eigenvalue weighted by molar-refractivity contribution is 7.89. The van der Waals surface area contributed by atoms with Crippen LogP contribution >= 0.6 is 0 Å². The van der Waals surface area contributed by atoms with Gasteiger partial charge < -0.3 is 15.0 Å². The highest BCUT2D eigenvalue weighted by atomic mass is 32.2. The Bertz CT molecular complexity index is 675. The van der Waals surface area contributed by atoms with Crippen molar-refractivity contribution in [2.75, 3.05) is 14.1 Å². The first-order chi connectivity index (χ1) is 9.49. The zero-order chi connectivity index (χ0) is 16.5. The third kappa shape index (κ3) is 3.42. The molecule has 0 fully saturated rings. The van der Waals surface area contributed by atoms with E-state index in [0.717, 1.165) is 0 Å². The summed E-state index contributed by atoms with van der Waals surface area (Å²) in [6.45, 7) is 4.29. The predicted octanol–water partition coefficient (Wildman–Crippen LogP) is 0.0847. The molecule has 0 bridgehead atoms. The van der Waals surface area contributed by atoms with Gasteiger partial charge in [0.15, 0.2) is 0 Å². The summed E-state index contributed by atoms with van der Waals surface area (Å²) in [6, 6.07) is -0.952. The topological polar surface area (TPSA) is 120 Å². The molecule has 1 atom stereocenters. The number of nitrogens with one attached hydrogen (secondary N) is 2. The number of aryl methyl sites for hydroxylation is 1. The van der Waals surface area contributed by atoms with Crippen molar-refractivity contribution < 1.29 is 23.1 Å². The fourth-order valence-corrected chi connectivity index (χ4v) is 3.72. The molecule has 21 heavy (non-hydrogen) atoms. The lowest BCUT2D eigenvalue weighted by molar-refractivity contribution is -0.130. The zero-order valence-electron chi connectivity index (χ0n) is 12.5. The number of aromatic carboxylic acids is 1. The molecule has 0 aromatic carbocycles. The standard InChI is InChI=1S/C12H19N3O5S/c1-6-9(12(17)18)13-7(2)10(6)21(19,20)14-8(3)11(16)15(4)5/h8,13-14H,1-5H3,(H,17,18). The number of hydrogen-bond donors (Lipinski definition) is 3. The monoisotopic (exact) mass is 317 g/mol. The summed E-state index contributed by atoms with van der Waals surface area (Å²) >= 11 is 0. The van der Waals surface area contributed by atoms with Gasteiger partial charge in [-0.15, -0.1) is 0 Å². The van der Waals surface area contributed by atoms with Gasteiger partial charge in [-0.1, -0.05) is 0 Å². The summed E-state index contributed by atoms with van der Waals surface area (Å²) < 4.78 is 27.0. The minimum atomic E-state index is -4.00. The molecule has 0 aliphatic heterocycles. The molecule has 0 radical (unpaired) electrons. The van der Waals surface area contributed by atoms with Crippen molar-refractivity contribution in [1.82, 2.24) is 14.6 Å². The number of aromatic amines is 1. The van der Waals surface area contributed by atoms with Gasteiger partial charge >= 0.3 is 5.97 Å². The predicted molar refractivity (Wildman–Crippen MR) is 75.7 cm³/mol. The number of carboxylic acids is 1. The Balaban J connectivity index is 3.21. The number of sulfonamides is 1. The van der Waals surface area contributed by atoms with E-state index in [4.69, 9.17) is 5.11 Å². The van der Waals surface area contributed by atoms with E-state index in [1.54, 1.807) is 0 Å². The van der Waals surface area contributed by atoms with Gasteiger partial charge in [0.1, 0.15) is 10.6 Å². The van der Waals surface area contributed by atoms with Crippen LogP contribution in [0, 0.1) is 13.8 Å². The largest absolute Gasteiger partial charge is 0.477 e. The lowest BCUT2D eigenvalue weighted by Gasteiger charge is -2.18. The number of likely N-dealkylation sites (N-methyl/N-ethyl adjacent to an activating group) is 1. The Kier molecular flexibility index (Phi) is 4.79. The maximum Gasteiger partial charge on any atom is 0.352 e. The van der Waals surface area contributed by atoms with E-state index in [1.165, 1.54) is 39.8 Å². The maximum absolute atomic E-state index is 12.4. The fraction of sp³-hybridized carbons (Fsp3) is 0.500. The van der Waals surface area contributed by atoms with Crippen LogP contribution in [0.15, 0.2) is 4.90 Å². The average Bonchev–Trinajstić information content (AvgIpc) is 2.63. The van der Waals surface area contributed by atoms with Crippen molar-refractivity contribution in [3.8, 4) is 0 Å². The first-order valence-electron chi connectivity index (χ1n) is 6.15. The molecule has 1 heterocycles. The van der Waals surface area contributed by atoms with Crippen LogP contribution < -0.4 is 4.72 Å². The Morgan fingerprint density at radius 2 is 1.81 bits per heavy atom. The molecular formula is C12H19N3O5S.